The highest BCUT2D eigenvalue weighted by atomic mass is 16.5. The van der Waals surface area contributed by atoms with Gasteiger partial charge in [0.15, 0.2) is 5.78 Å². The molecule has 1 N–H and O–H groups in total. The monoisotopic (exact) mass is 207 g/mol. The molecule has 1 heterocycles. The number of carbonyl (C=O) groups excluding carboxylic acids is 2. The van der Waals surface area contributed by atoms with Crippen LogP contribution in [0.4, 0.5) is 0 Å². The second-order valence-electron chi connectivity index (χ2n) is 3.75. The zero-order valence-electron chi connectivity index (χ0n) is 8.85. The molecule has 0 atom stereocenters. The van der Waals surface area contributed by atoms with Crippen molar-refractivity contribution in [3.63, 3.8) is 0 Å². The lowest BCUT2D eigenvalue weighted by Crippen LogP contribution is -2.23. The van der Waals surface area contributed by atoms with Crippen LogP contribution in [0.5, 0.6) is 0 Å². The SMILES string of the molecule is COC(=O)C1=C(C)C2=C(CCN2)CC1=O. The Morgan fingerprint density at radius 1 is 1.47 bits per heavy atom. The van der Waals surface area contributed by atoms with E-state index in [1.807, 2.05) is 0 Å². The molecule has 80 valence electrons. The van der Waals surface area contributed by atoms with Crippen molar-refractivity contribution >= 4 is 11.8 Å². The molecule has 0 spiro atoms. The van der Waals surface area contributed by atoms with E-state index in [2.05, 4.69) is 10.1 Å². The fourth-order valence-electron chi connectivity index (χ4n) is 2.15. The van der Waals surface area contributed by atoms with E-state index >= 15 is 0 Å². The van der Waals surface area contributed by atoms with Gasteiger partial charge in [0, 0.05) is 18.7 Å². The molecule has 0 bridgehead atoms. The fraction of sp³-hybridized carbons (Fsp3) is 0.455. The lowest BCUT2D eigenvalue weighted by molar-refractivity contribution is -0.137. The first kappa shape index (κ1) is 9.96. The van der Waals surface area contributed by atoms with Crippen molar-refractivity contribution in [1.29, 1.82) is 0 Å². The molecule has 2 rings (SSSR count). The Kier molecular flexibility index (Phi) is 2.34. The van der Waals surface area contributed by atoms with Crippen LogP contribution in [-0.2, 0) is 14.3 Å². The van der Waals surface area contributed by atoms with Crippen molar-refractivity contribution in [3.05, 3.63) is 22.4 Å². The van der Waals surface area contributed by atoms with Crippen molar-refractivity contribution < 1.29 is 14.3 Å². The van der Waals surface area contributed by atoms with Gasteiger partial charge in [-0.3, -0.25) is 4.79 Å². The topological polar surface area (TPSA) is 55.4 Å². The largest absolute Gasteiger partial charge is 0.465 e. The molecule has 15 heavy (non-hydrogen) atoms. The van der Waals surface area contributed by atoms with Gasteiger partial charge >= 0.3 is 5.97 Å². The van der Waals surface area contributed by atoms with Gasteiger partial charge in [-0.1, -0.05) is 0 Å². The number of allylic oxidation sites excluding steroid dienone is 1. The van der Waals surface area contributed by atoms with Crippen molar-refractivity contribution in [2.45, 2.75) is 19.8 Å². The number of nitrogens with one attached hydrogen (secondary N) is 1. The summed E-state index contributed by atoms with van der Waals surface area (Å²) < 4.78 is 4.61. The Labute approximate surface area is 88.0 Å². The predicted molar refractivity (Wildman–Crippen MR) is 54.0 cm³/mol. The average molecular weight is 207 g/mol. The number of carbonyl (C=O) groups is 2. The van der Waals surface area contributed by atoms with Gasteiger partial charge in [0.1, 0.15) is 5.57 Å². The Morgan fingerprint density at radius 2 is 2.20 bits per heavy atom. The molecule has 1 aliphatic carbocycles. The van der Waals surface area contributed by atoms with Crippen LogP contribution in [0.1, 0.15) is 19.8 Å². The van der Waals surface area contributed by atoms with Gasteiger partial charge in [-0.05, 0) is 24.5 Å². The molecule has 0 aromatic heterocycles. The van der Waals surface area contributed by atoms with Crippen molar-refractivity contribution in [3.8, 4) is 0 Å². The van der Waals surface area contributed by atoms with Gasteiger partial charge < -0.3 is 10.1 Å². The number of rotatable bonds is 1. The number of ketones is 1. The van der Waals surface area contributed by atoms with E-state index in [1.165, 1.54) is 7.11 Å². The average Bonchev–Trinajstić information content (AvgIpc) is 2.65. The van der Waals surface area contributed by atoms with E-state index in [1.54, 1.807) is 6.92 Å². The molecular weight excluding hydrogens is 194 g/mol. The van der Waals surface area contributed by atoms with E-state index in [-0.39, 0.29) is 11.4 Å². The van der Waals surface area contributed by atoms with Crippen LogP contribution >= 0.6 is 0 Å². The van der Waals surface area contributed by atoms with Crippen molar-refractivity contribution in [2.24, 2.45) is 0 Å². The van der Waals surface area contributed by atoms with Gasteiger partial charge in [-0.15, -0.1) is 0 Å². The van der Waals surface area contributed by atoms with Crippen LogP contribution in [-0.4, -0.2) is 25.4 Å². The maximum atomic E-state index is 11.7. The third kappa shape index (κ3) is 1.46. The van der Waals surface area contributed by atoms with E-state index in [0.717, 1.165) is 29.8 Å². The number of esters is 1. The van der Waals surface area contributed by atoms with Crippen LogP contribution in [0.3, 0.4) is 0 Å². The van der Waals surface area contributed by atoms with Crippen molar-refractivity contribution in [2.75, 3.05) is 13.7 Å². The second kappa shape index (κ2) is 3.53. The summed E-state index contributed by atoms with van der Waals surface area (Å²) in [5, 5.41) is 3.20. The normalized spacial score (nSPS) is 20.3. The van der Waals surface area contributed by atoms with Crippen LogP contribution in [0.15, 0.2) is 22.4 Å². The van der Waals surface area contributed by atoms with Gasteiger partial charge in [0.05, 0.1) is 7.11 Å². The van der Waals surface area contributed by atoms with Gasteiger partial charge in [-0.25, -0.2) is 4.79 Å². The van der Waals surface area contributed by atoms with E-state index in [9.17, 15) is 9.59 Å². The van der Waals surface area contributed by atoms with Gasteiger partial charge in [0.25, 0.3) is 0 Å². The standard InChI is InChI=1S/C11H13NO3/c1-6-9(11(14)15-2)8(13)5-7-3-4-12-10(6)7/h12H,3-5H2,1-2H3. The quantitative estimate of drug-likeness (QED) is 0.508. The highest BCUT2D eigenvalue weighted by Gasteiger charge is 2.31. The van der Waals surface area contributed by atoms with E-state index in [0.29, 0.717) is 6.42 Å². The molecule has 4 nitrogen and oxygen atoms in total. The van der Waals surface area contributed by atoms with Gasteiger partial charge in [0.2, 0.25) is 0 Å². The number of methoxy groups -OCH3 is 1. The lowest BCUT2D eigenvalue weighted by atomic mass is 9.89. The Hall–Kier alpha value is -1.58. The first-order valence-electron chi connectivity index (χ1n) is 4.93. The van der Waals surface area contributed by atoms with E-state index in [4.69, 9.17) is 0 Å². The Balaban J connectivity index is 2.46. The lowest BCUT2D eigenvalue weighted by Gasteiger charge is -2.17. The number of Topliss-reactive ketones (excluding diaryl/α,β-unsaturated/α-hetero) is 1. The summed E-state index contributed by atoms with van der Waals surface area (Å²) in [5.74, 6) is -0.653. The molecule has 1 aliphatic heterocycles. The summed E-state index contributed by atoms with van der Waals surface area (Å²) in [4.78, 5) is 23.2. The number of ether oxygens (including phenoxy) is 1. The highest BCUT2D eigenvalue weighted by Crippen LogP contribution is 2.31. The van der Waals surface area contributed by atoms with Crippen LogP contribution in [0.25, 0.3) is 0 Å². The van der Waals surface area contributed by atoms with E-state index < -0.39 is 5.97 Å². The molecule has 0 amide bonds. The first-order valence-corrected chi connectivity index (χ1v) is 4.93. The molecule has 0 fully saturated rings. The van der Waals surface area contributed by atoms with Crippen LogP contribution in [0, 0.1) is 0 Å². The molecule has 0 unspecified atom stereocenters. The van der Waals surface area contributed by atoms with Crippen molar-refractivity contribution in [1.82, 2.24) is 5.32 Å². The zero-order valence-corrected chi connectivity index (χ0v) is 8.85. The van der Waals surface area contributed by atoms with Gasteiger partial charge in [-0.2, -0.15) is 0 Å². The molecule has 2 aliphatic rings. The number of hydrogen-bond donors (Lipinski definition) is 1. The minimum absolute atomic E-state index is 0.123. The third-order valence-corrected chi connectivity index (χ3v) is 2.87. The summed E-state index contributed by atoms with van der Waals surface area (Å²) in [6.45, 7) is 2.64. The fourth-order valence-corrected chi connectivity index (χ4v) is 2.15. The maximum Gasteiger partial charge on any atom is 0.341 e. The highest BCUT2D eigenvalue weighted by molar-refractivity contribution is 6.19. The zero-order chi connectivity index (χ0) is 11.0. The molecule has 0 radical (unpaired) electrons. The number of hydrogen-bond acceptors (Lipinski definition) is 4. The predicted octanol–water partition coefficient (Wildman–Crippen LogP) is 0.696. The summed E-state index contributed by atoms with van der Waals surface area (Å²) in [5.41, 5.74) is 3.01. The summed E-state index contributed by atoms with van der Waals surface area (Å²) in [6.07, 6.45) is 1.25. The minimum atomic E-state index is -0.530. The van der Waals surface area contributed by atoms with Crippen LogP contribution < -0.4 is 5.32 Å². The molecule has 0 saturated heterocycles. The molecule has 4 heteroatoms. The minimum Gasteiger partial charge on any atom is -0.465 e. The first-order chi connectivity index (χ1) is 7.15. The molecule has 0 aromatic rings. The van der Waals surface area contributed by atoms with Crippen LogP contribution in [0.2, 0.25) is 0 Å². The Morgan fingerprint density at radius 3 is 2.87 bits per heavy atom. The Bertz CT molecular complexity index is 404. The molecular formula is C11H13NO3. The third-order valence-electron chi connectivity index (χ3n) is 2.87. The smallest absolute Gasteiger partial charge is 0.341 e. The second-order valence-corrected chi connectivity index (χ2v) is 3.75. The summed E-state index contributed by atoms with van der Waals surface area (Å²) >= 11 is 0. The summed E-state index contributed by atoms with van der Waals surface area (Å²) in [7, 11) is 1.29. The summed E-state index contributed by atoms with van der Waals surface area (Å²) in [6, 6.07) is 0. The maximum absolute atomic E-state index is 11.7. The molecule has 0 saturated carbocycles. The molecule has 0 aromatic carbocycles.